The van der Waals surface area contributed by atoms with E-state index in [2.05, 4.69) is 10.3 Å². The summed E-state index contributed by atoms with van der Waals surface area (Å²) in [5.74, 6) is 0.00174. The van der Waals surface area contributed by atoms with Gasteiger partial charge in [-0.2, -0.15) is 0 Å². The molecule has 0 fully saturated rings. The van der Waals surface area contributed by atoms with Crippen LogP contribution in [-0.2, 0) is 20.7 Å². The highest BCUT2D eigenvalue weighted by molar-refractivity contribution is 5.91. The molecule has 0 saturated carbocycles. The van der Waals surface area contributed by atoms with E-state index in [1.165, 1.54) is 12.1 Å². The lowest BCUT2D eigenvalue weighted by molar-refractivity contribution is -0.116. The number of benzene rings is 1. The molecule has 1 amide bonds. The second-order valence-electron chi connectivity index (χ2n) is 6.04. The first-order valence-corrected chi connectivity index (χ1v) is 9.69. The number of aromatic nitrogens is 1. The summed E-state index contributed by atoms with van der Waals surface area (Å²) in [5.41, 5.74) is 1.47. The largest absolute Gasteiger partial charge is 0.513 e. The molecular formula is C22H24N2O7. The highest BCUT2D eigenvalue weighted by Crippen LogP contribution is 2.24. The molecule has 0 unspecified atom stereocenters. The summed E-state index contributed by atoms with van der Waals surface area (Å²) < 4.78 is 19.7. The Morgan fingerprint density at radius 2 is 1.65 bits per heavy atom. The fraction of sp³-hybridized carbons (Fsp3) is 0.273. The van der Waals surface area contributed by atoms with E-state index in [-0.39, 0.29) is 30.6 Å². The van der Waals surface area contributed by atoms with Crippen molar-refractivity contribution in [3.8, 4) is 11.5 Å². The number of pyridine rings is 1. The van der Waals surface area contributed by atoms with Crippen LogP contribution in [0.15, 0.2) is 48.8 Å². The minimum Gasteiger partial charge on any atom is -0.434 e. The average Bonchev–Trinajstić information content (AvgIpc) is 2.73. The summed E-state index contributed by atoms with van der Waals surface area (Å²) in [6.45, 7) is 3.92. The van der Waals surface area contributed by atoms with Crippen LogP contribution in [0.1, 0.15) is 25.0 Å². The molecule has 0 spiro atoms. The molecule has 2 rings (SSSR count). The van der Waals surface area contributed by atoms with Gasteiger partial charge < -0.3 is 24.3 Å². The van der Waals surface area contributed by atoms with Gasteiger partial charge in [0.25, 0.3) is 0 Å². The number of ether oxygens (including phenoxy) is 4. The maximum atomic E-state index is 12.0. The molecular weight excluding hydrogens is 404 g/mol. The molecule has 2 aromatic rings. The lowest BCUT2D eigenvalue weighted by Gasteiger charge is -2.10. The Morgan fingerprint density at radius 3 is 2.19 bits per heavy atom. The van der Waals surface area contributed by atoms with Gasteiger partial charge in [-0.15, -0.1) is 0 Å². The summed E-state index contributed by atoms with van der Waals surface area (Å²) in [7, 11) is 0. The van der Waals surface area contributed by atoms with Crippen molar-refractivity contribution in [1.82, 2.24) is 10.3 Å². The third-order valence-electron chi connectivity index (χ3n) is 3.69. The van der Waals surface area contributed by atoms with Crippen molar-refractivity contribution in [2.45, 2.75) is 20.3 Å². The zero-order valence-electron chi connectivity index (χ0n) is 17.3. The molecule has 0 saturated heterocycles. The SMILES string of the molecule is CCOC(=O)Oc1cc(CCNC(=O)/C=C/c2cccnc2)cc(OC(=O)OCC)c1. The lowest BCUT2D eigenvalue weighted by Crippen LogP contribution is -2.23. The molecule has 0 atom stereocenters. The zero-order chi connectivity index (χ0) is 22.5. The minimum absolute atomic E-state index is 0.137. The molecule has 0 aliphatic heterocycles. The normalized spacial score (nSPS) is 10.4. The Bertz CT molecular complexity index is 875. The first-order valence-electron chi connectivity index (χ1n) is 9.69. The van der Waals surface area contributed by atoms with Crippen LogP contribution in [0.3, 0.4) is 0 Å². The van der Waals surface area contributed by atoms with E-state index in [1.807, 2.05) is 6.07 Å². The molecule has 0 aliphatic carbocycles. The average molecular weight is 428 g/mol. The lowest BCUT2D eigenvalue weighted by atomic mass is 10.1. The second kappa shape index (κ2) is 12.6. The van der Waals surface area contributed by atoms with Crippen LogP contribution in [0.25, 0.3) is 6.08 Å². The number of carbonyl (C=O) groups is 3. The maximum absolute atomic E-state index is 12.0. The Labute approximate surface area is 180 Å². The number of hydrogen-bond acceptors (Lipinski definition) is 8. The van der Waals surface area contributed by atoms with Gasteiger partial charge in [-0.1, -0.05) is 6.07 Å². The monoisotopic (exact) mass is 428 g/mol. The fourth-order valence-electron chi connectivity index (χ4n) is 2.42. The van der Waals surface area contributed by atoms with Crippen LogP contribution in [-0.4, -0.2) is 43.0 Å². The van der Waals surface area contributed by atoms with Gasteiger partial charge in [-0.25, -0.2) is 9.59 Å². The highest BCUT2D eigenvalue weighted by atomic mass is 16.7. The second-order valence-corrected chi connectivity index (χ2v) is 6.04. The third kappa shape index (κ3) is 8.99. The zero-order valence-corrected chi connectivity index (χ0v) is 17.3. The Balaban J connectivity index is 2.00. The third-order valence-corrected chi connectivity index (χ3v) is 3.69. The van der Waals surface area contributed by atoms with Gasteiger partial charge >= 0.3 is 12.3 Å². The van der Waals surface area contributed by atoms with E-state index >= 15 is 0 Å². The number of rotatable bonds is 9. The Hall–Kier alpha value is -3.88. The molecule has 164 valence electrons. The highest BCUT2D eigenvalue weighted by Gasteiger charge is 2.12. The number of hydrogen-bond donors (Lipinski definition) is 1. The van der Waals surface area contributed by atoms with Gasteiger partial charge in [-0.05, 0) is 55.7 Å². The number of carbonyl (C=O) groups excluding carboxylic acids is 3. The number of nitrogens with one attached hydrogen (secondary N) is 1. The van der Waals surface area contributed by atoms with E-state index in [0.29, 0.717) is 18.5 Å². The van der Waals surface area contributed by atoms with Crippen LogP contribution in [0.4, 0.5) is 9.59 Å². The van der Waals surface area contributed by atoms with Crippen LogP contribution < -0.4 is 14.8 Å². The molecule has 1 aromatic carbocycles. The van der Waals surface area contributed by atoms with Crippen molar-refractivity contribution < 1.29 is 33.3 Å². The van der Waals surface area contributed by atoms with E-state index in [0.717, 1.165) is 5.56 Å². The van der Waals surface area contributed by atoms with E-state index < -0.39 is 12.3 Å². The van der Waals surface area contributed by atoms with E-state index in [1.54, 1.807) is 50.5 Å². The van der Waals surface area contributed by atoms with Gasteiger partial charge in [0.15, 0.2) is 0 Å². The van der Waals surface area contributed by atoms with Crippen molar-refractivity contribution in [3.05, 3.63) is 59.9 Å². The number of nitrogens with zero attached hydrogens (tertiary/aromatic N) is 1. The van der Waals surface area contributed by atoms with Crippen molar-refractivity contribution in [2.75, 3.05) is 19.8 Å². The van der Waals surface area contributed by atoms with Crippen LogP contribution in [0.2, 0.25) is 0 Å². The molecule has 9 heteroatoms. The molecule has 0 radical (unpaired) electrons. The van der Waals surface area contributed by atoms with Gasteiger partial charge in [0.05, 0.1) is 13.2 Å². The van der Waals surface area contributed by atoms with Gasteiger partial charge in [0, 0.05) is 31.1 Å². The standard InChI is InChI=1S/C22H24N2O7/c1-3-28-21(26)30-18-12-17(13-19(14-18)31-22(27)29-4-2)9-11-24-20(25)8-7-16-6-5-10-23-15-16/h5-8,10,12-15H,3-4,9,11H2,1-2H3,(H,24,25)/b8-7+. The van der Waals surface area contributed by atoms with Gasteiger partial charge in [-0.3, -0.25) is 9.78 Å². The predicted octanol–water partition coefficient (Wildman–Crippen LogP) is 3.52. The smallest absolute Gasteiger partial charge is 0.434 e. The number of amides is 1. The van der Waals surface area contributed by atoms with E-state index in [9.17, 15) is 14.4 Å². The fourth-order valence-corrected chi connectivity index (χ4v) is 2.42. The summed E-state index contributed by atoms with van der Waals surface area (Å²) in [6.07, 6.45) is 4.99. The van der Waals surface area contributed by atoms with E-state index in [4.69, 9.17) is 18.9 Å². The Kier molecular flexibility index (Phi) is 9.54. The van der Waals surface area contributed by atoms with Crippen LogP contribution in [0.5, 0.6) is 11.5 Å². The summed E-state index contributed by atoms with van der Waals surface area (Å²) in [6, 6.07) is 8.15. The van der Waals surface area contributed by atoms with Crippen molar-refractivity contribution in [3.63, 3.8) is 0 Å². The molecule has 9 nitrogen and oxygen atoms in total. The molecule has 0 bridgehead atoms. The summed E-state index contributed by atoms with van der Waals surface area (Å²) in [4.78, 5) is 39.2. The molecule has 31 heavy (non-hydrogen) atoms. The summed E-state index contributed by atoms with van der Waals surface area (Å²) >= 11 is 0. The van der Waals surface area contributed by atoms with Gasteiger partial charge in [0.2, 0.25) is 5.91 Å². The van der Waals surface area contributed by atoms with Crippen LogP contribution in [0, 0.1) is 0 Å². The minimum atomic E-state index is -0.879. The quantitative estimate of drug-likeness (QED) is 0.367. The van der Waals surface area contributed by atoms with Crippen molar-refractivity contribution in [1.29, 1.82) is 0 Å². The van der Waals surface area contributed by atoms with Crippen LogP contribution >= 0.6 is 0 Å². The predicted molar refractivity (Wildman–Crippen MR) is 112 cm³/mol. The van der Waals surface area contributed by atoms with Crippen molar-refractivity contribution >= 4 is 24.3 Å². The maximum Gasteiger partial charge on any atom is 0.513 e. The van der Waals surface area contributed by atoms with Crippen molar-refractivity contribution in [2.24, 2.45) is 0 Å². The molecule has 1 heterocycles. The molecule has 1 aromatic heterocycles. The topological polar surface area (TPSA) is 113 Å². The summed E-state index contributed by atoms with van der Waals surface area (Å²) in [5, 5.41) is 2.75. The molecule has 0 aliphatic rings. The van der Waals surface area contributed by atoms with Gasteiger partial charge in [0.1, 0.15) is 11.5 Å². The first kappa shape index (κ1) is 23.4. The Morgan fingerprint density at radius 1 is 1.00 bits per heavy atom. The molecule has 1 N–H and O–H groups in total. The first-order chi connectivity index (χ1) is 15.0.